The van der Waals surface area contributed by atoms with Crippen molar-refractivity contribution in [2.75, 3.05) is 13.7 Å². The van der Waals surface area contributed by atoms with E-state index in [1.165, 1.54) is 0 Å². The number of carbonyl (C=O) groups is 1. The van der Waals surface area contributed by atoms with Gasteiger partial charge >= 0.3 is 5.97 Å². The molecule has 0 aliphatic heterocycles. The standard InChI is InChI=1S/C20H16ClF2NO4S/c1-3-28-20(26)15-18(25)14-13(8-12(22)17(23)16(14)21)24-19(15)29-9-10-4-6-11(27-2)7-5-10/h4-8H,3,9H2,1-2H3,(H,24,25). The average Bonchev–Trinajstić information content (AvgIpc) is 2.70. The van der Waals surface area contributed by atoms with Gasteiger partial charge in [-0.25, -0.2) is 13.6 Å². The van der Waals surface area contributed by atoms with E-state index in [0.717, 1.165) is 23.4 Å². The van der Waals surface area contributed by atoms with Crippen LogP contribution in [0.1, 0.15) is 22.8 Å². The van der Waals surface area contributed by atoms with Crippen molar-refractivity contribution in [2.45, 2.75) is 17.7 Å². The molecule has 0 amide bonds. The molecule has 0 radical (unpaired) electrons. The fraction of sp³-hybridized carbons (Fsp3) is 0.200. The number of aromatic amines is 1. The molecule has 3 rings (SSSR count). The molecule has 0 spiro atoms. The average molecular weight is 440 g/mol. The Morgan fingerprint density at radius 2 is 1.93 bits per heavy atom. The van der Waals surface area contributed by atoms with E-state index in [2.05, 4.69) is 4.98 Å². The maximum Gasteiger partial charge on any atom is 0.344 e. The largest absolute Gasteiger partial charge is 0.497 e. The molecule has 0 aliphatic carbocycles. The van der Waals surface area contributed by atoms with Crippen LogP contribution in [0, 0.1) is 11.6 Å². The number of nitrogens with one attached hydrogen (secondary N) is 1. The number of hydrogen-bond acceptors (Lipinski definition) is 5. The number of esters is 1. The van der Waals surface area contributed by atoms with Crippen LogP contribution in [0.5, 0.6) is 5.75 Å². The molecular weight excluding hydrogens is 424 g/mol. The summed E-state index contributed by atoms with van der Waals surface area (Å²) in [6.07, 6.45) is 0. The zero-order valence-corrected chi connectivity index (χ0v) is 17.0. The molecule has 3 aromatic rings. The maximum absolute atomic E-state index is 13.9. The van der Waals surface area contributed by atoms with Gasteiger partial charge in [-0.3, -0.25) is 4.79 Å². The first-order chi connectivity index (χ1) is 13.9. The summed E-state index contributed by atoms with van der Waals surface area (Å²) in [5.41, 5.74) is -0.233. The molecule has 0 atom stereocenters. The van der Waals surface area contributed by atoms with Gasteiger partial charge in [0, 0.05) is 11.8 Å². The van der Waals surface area contributed by atoms with Crippen molar-refractivity contribution >= 4 is 40.2 Å². The number of thioether (sulfide) groups is 1. The van der Waals surface area contributed by atoms with Crippen molar-refractivity contribution < 1.29 is 23.0 Å². The number of carbonyl (C=O) groups excluding carboxylic acids is 1. The Kier molecular flexibility index (Phi) is 6.44. The number of H-pyrrole nitrogens is 1. The topological polar surface area (TPSA) is 68.4 Å². The highest BCUT2D eigenvalue weighted by Gasteiger charge is 2.24. The lowest BCUT2D eigenvalue weighted by Gasteiger charge is -2.12. The zero-order valence-electron chi connectivity index (χ0n) is 15.5. The number of fused-ring (bicyclic) bond motifs is 1. The summed E-state index contributed by atoms with van der Waals surface area (Å²) in [5.74, 6) is -2.33. The summed E-state index contributed by atoms with van der Waals surface area (Å²) >= 11 is 6.99. The van der Waals surface area contributed by atoms with Gasteiger partial charge in [-0.2, -0.15) is 0 Å². The second-order valence-corrected chi connectivity index (χ2v) is 7.29. The minimum Gasteiger partial charge on any atom is -0.497 e. The van der Waals surface area contributed by atoms with E-state index in [4.69, 9.17) is 21.1 Å². The first-order valence-corrected chi connectivity index (χ1v) is 9.90. The van der Waals surface area contributed by atoms with Gasteiger partial charge in [-0.1, -0.05) is 23.7 Å². The molecule has 0 saturated heterocycles. The Hall–Kier alpha value is -2.58. The summed E-state index contributed by atoms with van der Waals surface area (Å²) in [7, 11) is 1.56. The Bertz CT molecular complexity index is 1130. The normalized spacial score (nSPS) is 10.9. The Labute approximate surface area is 174 Å². The Morgan fingerprint density at radius 3 is 2.55 bits per heavy atom. The molecule has 1 aromatic heterocycles. The Morgan fingerprint density at radius 1 is 1.24 bits per heavy atom. The van der Waals surface area contributed by atoms with Crippen molar-refractivity contribution in [3.63, 3.8) is 0 Å². The molecule has 0 bridgehead atoms. The number of rotatable bonds is 6. The predicted octanol–water partition coefficient (Wildman–Crippen LogP) is 4.94. The van der Waals surface area contributed by atoms with Crippen molar-refractivity contribution in [2.24, 2.45) is 0 Å². The molecule has 0 fully saturated rings. The molecule has 2 aromatic carbocycles. The van der Waals surface area contributed by atoms with Gasteiger partial charge in [0.2, 0.25) is 5.43 Å². The highest BCUT2D eigenvalue weighted by Crippen LogP contribution is 2.30. The third-order valence-corrected chi connectivity index (χ3v) is 5.54. The first kappa shape index (κ1) is 21.1. The lowest BCUT2D eigenvalue weighted by Crippen LogP contribution is -2.21. The SMILES string of the molecule is CCOC(=O)c1c(SCc2ccc(OC)cc2)[nH]c2cc(F)c(F)c(Cl)c2c1=O. The van der Waals surface area contributed by atoms with Crippen LogP contribution in [0.3, 0.4) is 0 Å². The minimum atomic E-state index is -1.35. The van der Waals surface area contributed by atoms with Crippen LogP contribution in [0.25, 0.3) is 10.9 Å². The summed E-state index contributed by atoms with van der Waals surface area (Å²) < 4.78 is 37.7. The maximum atomic E-state index is 13.9. The van der Waals surface area contributed by atoms with E-state index in [9.17, 15) is 18.4 Å². The van der Waals surface area contributed by atoms with Crippen LogP contribution < -0.4 is 10.2 Å². The molecule has 1 heterocycles. The van der Waals surface area contributed by atoms with Crippen LogP contribution in [0.2, 0.25) is 5.02 Å². The zero-order chi connectivity index (χ0) is 21.1. The van der Waals surface area contributed by atoms with Gasteiger partial charge in [0.25, 0.3) is 0 Å². The van der Waals surface area contributed by atoms with Crippen molar-refractivity contribution in [1.82, 2.24) is 4.98 Å². The highest BCUT2D eigenvalue weighted by atomic mass is 35.5. The highest BCUT2D eigenvalue weighted by molar-refractivity contribution is 7.98. The number of hydrogen-bond donors (Lipinski definition) is 1. The number of benzene rings is 2. The molecule has 5 nitrogen and oxygen atoms in total. The first-order valence-electron chi connectivity index (χ1n) is 8.53. The van der Waals surface area contributed by atoms with Gasteiger partial charge in [-0.15, -0.1) is 11.8 Å². The summed E-state index contributed by atoms with van der Waals surface area (Å²) in [6, 6.07) is 8.07. The van der Waals surface area contributed by atoms with E-state index in [1.54, 1.807) is 26.2 Å². The quantitative estimate of drug-likeness (QED) is 0.335. The number of ether oxygens (including phenoxy) is 2. The monoisotopic (exact) mass is 439 g/mol. The Balaban J connectivity index is 2.10. The van der Waals surface area contributed by atoms with Crippen LogP contribution in [0.15, 0.2) is 40.2 Å². The number of aromatic nitrogens is 1. The van der Waals surface area contributed by atoms with Gasteiger partial charge in [-0.05, 0) is 24.6 Å². The smallest absolute Gasteiger partial charge is 0.344 e. The number of methoxy groups -OCH3 is 1. The number of pyridine rings is 1. The molecule has 1 N–H and O–H groups in total. The van der Waals surface area contributed by atoms with Crippen LogP contribution in [-0.2, 0) is 10.5 Å². The second kappa shape index (κ2) is 8.84. The van der Waals surface area contributed by atoms with E-state index in [-0.39, 0.29) is 28.1 Å². The summed E-state index contributed by atoms with van der Waals surface area (Å²) in [5, 5.41) is -0.806. The van der Waals surface area contributed by atoms with Crippen LogP contribution in [0.4, 0.5) is 8.78 Å². The molecule has 0 unspecified atom stereocenters. The molecule has 0 aliphatic rings. The van der Waals surface area contributed by atoms with E-state index >= 15 is 0 Å². The van der Waals surface area contributed by atoms with Gasteiger partial charge < -0.3 is 14.5 Å². The molecule has 29 heavy (non-hydrogen) atoms. The van der Waals surface area contributed by atoms with Crippen LogP contribution >= 0.6 is 23.4 Å². The molecular formula is C20H16ClF2NO4S. The number of halogens is 3. The fourth-order valence-electron chi connectivity index (χ4n) is 2.70. The summed E-state index contributed by atoms with van der Waals surface area (Å²) in [6.45, 7) is 1.64. The van der Waals surface area contributed by atoms with Crippen molar-refractivity contribution in [1.29, 1.82) is 0 Å². The summed E-state index contributed by atoms with van der Waals surface area (Å²) in [4.78, 5) is 28.1. The van der Waals surface area contributed by atoms with E-state index < -0.39 is 28.1 Å². The lowest BCUT2D eigenvalue weighted by atomic mass is 10.1. The predicted molar refractivity (Wildman–Crippen MR) is 108 cm³/mol. The van der Waals surface area contributed by atoms with E-state index in [1.807, 2.05) is 12.1 Å². The molecule has 0 saturated carbocycles. The third-order valence-electron chi connectivity index (χ3n) is 4.11. The lowest BCUT2D eigenvalue weighted by molar-refractivity contribution is 0.0520. The van der Waals surface area contributed by atoms with Gasteiger partial charge in [0.05, 0.1) is 34.7 Å². The molecule has 152 valence electrons. The van der Waals surface area contributed by atoms with Crippen molar-refractivity contribution in [3.05, 3.63) is 68.3 Å². The second-order valence-electron chi connectivity index (χ2n) is 5.92. The fourth-order valence-corrected chi connectivity index (χ4v) is 3.99. The van der Waals surface area contributed by atoms with Gasteiger partial charge in [0.1, 0.15) is 11.3 Å². The molecule has 9 heteroatoms. The van der Waals surface area contributed by atoms with Gasteiger partial charge in [0.15, 0.2) is 11.6 Å². The minimum absolute atomic E-state index is 0.0100. The van der Waals surface area contributed by atoms with Crippen LogP contribution in [-0.4, -0.2) is 24.7 Å². The van der Waals surface area contributed by atoms with Crippen molar-refractivity contribution in [3.8, 4) is 5.75 Å². The third kappa shape index (κ3) is 4.23. The van der Waals surface area contributed by atoms with E-state index in [0.29, 0.717) is 11.5 Å².